The average molecular weight is 303 g/mol. The van der Waals surface area contributed by atoms with Crippen molar-refractivity contribution in [2.24, 2.45) is 0 Å². The van der Waals surface area contributed by atoms with Crippen LogP contribution in [0.2, 0.25) is 0 Å². The summed E-state index contributed by atoms with van der Waals surface area (Å²) < 4.78 is 18.2. The van der Waals surface area contributed by atoms with Crippen LogP contribution in [0.5, 0.6) is 5.75 Å². The van der Waals surface area contributed by atoms with Crippen molar-refractivity contribution in [2.45, 2.75) is 6.92 Å². The van der Waals surface area contributed by atoms with Gasteiger partial charge in [-0.15, -0.1) is 0 Å². The van der Waals surface area contributed by atoms with Crippen LogP contribution in [0.1, 0.15) is 26.3 Å². The normalized spacial score (nSPS) is 10.1. The molecule has 0 aliphatic carbocycles. The number of methoxy groups -OCH3 is 1. The molecule has 0 radical (unpaired) electrons. The van der Waals surface area contributed by atoms with Gasteiger partial charge in [-0.05, 0) is 48.9 Å². The molecule has 1 amide bonds. The smallest absolute Gasteiger partial charge is 0.335 e. The van der Waals surface area contributed by atoms with Crippen LogP contribution in [-0.2, 0) is 0 Å². The highest BCUT2D eigenvalue weighted by atomic mass is 19.1. The van der Waals surface area contributed by atoms with Crippen molar-refractivity contribution in [1.82, 2.24) is 0 Å². The lowest BCUT2D eigenvalue weighted by atomic mass is 10.1. The van der Waals surface area contributed by atoms with Crippen molar-refractivity contribution in [3.63, 3.8) is 0 Å². The number of ether oxygens (including phenoxy) is 1. The summed E-state index contributed by atoms with van der Waals surface area (Å²) in [6.45, 7) is 1.63. The summed E-state index contributed by atoms with van der Waals surface area (Å²) in [5, 5.41) is 11.6. The van der Waals surface area contributed by atoms with Gasteiger partial charge in [-0.2, -0.15) is 0 Å². The molecule has 0 saturated heterocycles. The first kappa shape index (κ1) is 15.5. The molecule has 0 spiro atoms. The third-order valence-electron chi connectivity index (χ3n) is 3.13. The van der Waals surface area contributed by atoms with Crippen LogP contribution in [0.3, 0.4) is 0 Å². The Morgan fingerprint density at radius 1 is 1.18 bits per heavy atom. The molecule has 22 heavy (non-hydrogen) atoms. The first-order valence-corrected chi connectivity index (χ1v) is 6.41. The summed E-state index contributed by atoms with van der Waals surface area (Å²) >= 11 is 0. The molecule has 114 valence electrons. The predicted molar refractivity (Wildman–Crippen MR) is 79.0 cm³/mol. The Hall–Kier alpha value is -2.89. The second-order valence-corrected chi connectivity index (χ2v) is 4.63. The molecule has 6 heteroatoms. The molecular weight excluding hydrogens is 289 g/mol. The van der Waals surface area contributed by atoms with Gasteiger partial charge >= 0.3 is 5.97 Å². The quantitative estimate of drug-likeness (QED) is 0.910. The van der Waals surface area contributed by atoms with Crippen LogP contribution in [0.4, 0.5) is 10.1 Å². The Balaban J connectivity index is 2.30. The second-order valence-electron chi connectivity index (χ2n) is 4.63. The number of carbonyl (C=O) groups is 2. The van der Waals surface area contributed by atoms with Gasteiger partial charge in [0.1, 0.15) is 11.6 Å². The minimum atomic E-state index is -1.09. The van der Waals surface area contributed by atoms with E-state index in [2.05, 4.69) is 5.32 Å². The van der Waals surface area contributed by atoms with Crippen molar-refractivity contribution in [3.05, 3.63) is 58.9 Å². The lowest BCUT2D eigenvalue weighted by Gasteiger charge is -2.12. The molecule has 2 aromatic rings. The zero-order valence-electron chi connectivity index (χ0n) is 12.0. The van der Waals surface area contributed by atoms with Gasteiger partial charge < -0.3 is 15.2 Å². The van der Waals surface area contributed by atoms with E-state index in [0.717, 1.165) is 0 Å². The summed E-state index contributed by atoms with van der Waals surface area (Å²) in [6, 6.07) is 7.97. The molecule has 0 unspecified atom stereocenters. The molecule has 2 rings (SSSR count). The second kappa shape index (κ2) is 6.26. The summed E-state index contributed by atoms with van der Waals surface area (Å²) in [6.07, 6.45) is 0. The van der Waals surface area contributed by atoms with Crippen LogP contribution in [0.25, 0.3) is 0 Å². The van der Waals surface area contributed by atoms with E-state index in [9.17, 15) is 14.0 Å². The van der Waals surface area contributed by atoms with Crippen LogP contribution >= 0.6 is 0 Å². The number of anilines is 1. The number of nitrogens with one attached hydrogen (secondary N) is 1. The molecule has 0 aliphatic rings. The van der Waals surface area contributed by atoms with E-state index in [-0.39, 0.29) is 11.3 Å². The maximum absolute atomic E-state index is 13.1. The minimum Gasteiger partial charge on any atom is -0.495 e. The van der Waals surface area contributed by atoms with E-state index in [1.807, 2.05) is 0 Å². The molecule has 0 aliphatic heterocycles. The number of rotatable bonds is 4. The van der Waals surface area contributed by atoms with Gasteiger partial charge in [0, 0.05) is 5.56 Å². The number of amides is 1. The molecule has 0 saturated carbocycles. The molecule has 0 fully saturated rings. The Morgan fingerprint density at radius 3 is 2.50 bits per heavy atom. The van der Waals surface area contributed by atoms with Gasteiger partial charge in [0.15, 0.2) is 0 Å². The van der Waals surface area contributed by atoms with Gasteiger partial charge in [0.25, 0.3) is 5.91 Å². The van der Waals surface area contributed by atoms with Crippen molar-refractivity contribution >= 4 is 17.6 Å². The fraction of sp³-hybridized carbons (Fsp3) is 0.125. The fourth-order valence-corrected chi connectivity index (χ4v) is 2.00. The topological polar surface area (TPSA) is 75.6 Å². The number of hydrogen-bond donors (Lipinski definition) is 2. The number of aryl methyl sites for hydroxylation is 1. The van der Waals surface area contributed by atoms with E-state index in [1.54, 1.807) is 6.92 Å². The van der Waals surface area contributed by atoms with Gasteiger partial charge in [-0.25, -0.2) is 9.18 Å². The predicted octanol–water partition coefficient (Wildman–Crippen LogP) is 3.09. The van der Waals surface area contributed by atoms with E-state index in [1.165, 1.54) is 43.5 Å². The third kappa shape index (κ3) is 3.22. The number of halogens is 1. The number of aromatic carboxylic acids is 1. The lowest BCUT2D eigenvalue weighted by Crippen LogP contribution is -2.14. The number of benzene rings is 2. The largest absolute Gasteiger partial charge is 0.495 e. The summed E-state index contributed by atoms with van der Waals surface area (Å²) in [7, 11) is 1.37. The Morgan fingerprint density at radius 2 is 1.91 bits per heavy atom. The number of carboxylic acids is 1. The zero-order valence-corrected chi connectivity index (χ0v) is 12.0. The molecule has 2 aromatic carbocycles. The summed E-state index contributed by atoms with van der Waals surface area (Å²) in [5.41, 5.74) is 1.21. The SMILES string of the molecule is COc1cc(C(=O)O)ccc1NC(=O)c1ccc(F)cc1C. The van der Waals surface area contributed by atoms with Crippen LogP contribution in [0, 0.1) is 12.7 Å². The standard InChI is InChI=1S/C16H14FNO4/c1-9-7-11(17)4-5-12(9)15(19)18-13-6-3-10(16(20)21)8-14(13)22-2/h3-8H,1-2H3,(H,18,19)(H,20,21). The Labute approximate surface area is 126 Å². The van der Waals surface area contributed by atoms with E-state index in [4.69, 9.17) is 9.84 Å². The van der Waals surface area contributed by atoms with Crippen LogP contribution in [0.15, 0.2) is 36.4 Å². The highest BCUT2D eigenvalue weighted by Crippen LogP contribution is 2.26. The molecule has 0 aromatic heterocycles. The number of hydrogen-bond acceptors (Lipinski definition) is 3. The first-order valence-electron chi connectivity index (χ1n) is 6.41. The minimum absolute atomic E-state index is 0.0489. The third-order valence-corrected chi connectivity index (χ3v) is 3.13. The van der Waals surface area contributed by atoms with Crippen LogP contribution in [-0.4, -0.2) is 24.1 Å². The van der Waals surface area contributed by atoms with Crippen molar-refractivity contribution in [1.29, 1.82) is 0 Å². The zero-order chi connectivity index (χ0) is 16.3. The van der Waals surface area contributed by atoms with E-state index < -0.39 is 17.7 Å². The maximum atomic E-state index is 13.1. The van der Waals surface area contributed by atoms with Gasteiger partial charge in [0.05, 0.1) is 18.4 Å². The average Bonchev–Trinajstić information content (AvgIpc) is 2.47. The van der Waals surface area contributed by atoms with Gasteiger partial charge in [0.2, 0.25) is 0 Å². The highest BCUT2D eigenvalue weighted by Gasteiger charge is 2.14. The summed E-state index contributed by atoms with van der Waals surface area (Å²) in [4.78, 5) is 23.1. The maximum Gasteiger partial charge on any atom is 0.335 e. The van der Waals surface area contributed by atoms with E-state index >= 15 is 0 Å². The molecule has 0 bridgehead atoms. The molecule has 0 heterocycles. The molecule has 2 N–H and O–H groups in total. The lowest BCUT2D eigenvalue weighted by molar-refractivity contribution is 0.0696. The molecular formula is C16H14FNO4. The Kier molecular flexibility index (Phi) is 4.41. The van der Waals surface area contributed by atoms with Crippen molar-refractivity contribution in [3.8, 4) is 5.75 Å². The van der Waals surface area contributed by atoms with Crippen molar-refractivity contribution < 1.29 is 23.8 Å². The summed E-state index contributed by atoms with van der Waals surface area (Å²) in [5.74, 6) is -1.71. The van der Waals surface area contributed by atoms with Crippen molar-refractivity contribution in [2.75, 3.05) is 12.4 Å². The fourth-order valence-electron chi connectivity index (χ4n) is 2.00. The number of carbonyl (C=O) groups excluding carboxylic acids is 1. The highest BCUT2D eigenvalue weighted by molar-refractivity contribution is 6.06. The molecule has 0 atom stereocenters. The Bertz CT molecular complexity index is 743. The monoisotopic (exact) mass is 303 g/mol. The molecule has 5 nitrogen and oxygen atoms in total. The first-order chi connectivity index (χ1) is 10.4. The van der Waals surface area contributed by atoms with Gasteiger partial charge in [-0.1, -0.05) is 0 Å². The van der Waals surface area contributed by atoms with Gasteiger partial charge in [-0.3, -0.25) is 4.79 Å². The number of carboxylic acid groups (broad SMARTS) is 1. The van der Waals surface area contributed by atoms with E-state index in [0.29, 0.717) is 16.8 Å². The van der Waals surface area contributed by atoms with Crippen LogP contribution < -0.4 is 10.1 Å².